The van der Waals surface area contributed by atoms with Gasteiger partial charge in [-0.3, -0.25) is 0 Å². The summed E-state index contributed by atoms with van der Waals surface area (Å²) in [6, 6.07) is 0.357. The van der Waals surface area contributed by atoms with Gasteiger partial charge in [-0.05, 0) is 19.9 Å². The third kappa shape index (κ3) is 1.07. The fourth-order valence-corrected chi connectivity index (χ4v) is 0.803. The average molecular weight is 137 g/mol. The molecule has 0 N–H and O–H groups in total. The smallest absolute Gasteiger partial charge is 0.150 e. The van der Waals surface area contributed by atoms with Crippen molar-refractivity contribution in [1.29, 1.82) is 0 Å². The highest BCUT2D eigenvalue weighted by atomic mass is 15.3. The Balaban J connectivity index is 3.01. The Hall–Kier alpha value is -1.12. The fraction of sp³-hybridized carbons (Fsp3) is 0.429. The summed E-state index contributed by atoms with van der Waals surface area (Å²) in [6.07, 6.45) is 3.24. The van der Waals surface area contributed by atoms with E-state index in [-0.39, 0.29) is 0 Å². The van der Waals surface area contributed by atoms with Crippen LogP contribution in [-0.2, 0) is 0 Å². The molecule has 0 aliphatic rings. The zero-order valence-electron chi connectivity index (χ0n) is 6.28. The first-order valence-corrected chi connectivity index (χ1v) is 3.27. The molecule has 3 heteroatoms. The van der Waals surface area contributed by atoms with Crippen LogP contribution in [0.5, 0.6) is 0 Å². The Morgan fingerprint density at radius 3 is 2.80 bits per heavy atom. The van der Waals surface area contributed by atoms with Gasteiger partial charge in [-0.25, -0.2) is 9.67 Å². The van der Waals surface area contributed by atoms with Gasteiger partial charge in [0.25, 0.3) is 0 Å². The van der Waals surface area contributed by atoms with Gasteiger partial charge in [-0.1, -0.05) is 6.58 Å². The van der Waals surface area contributed by atoms with E-state index in [4.69, 9.17) is 0 Å². The molecule has 0 aromatic carbocycles. The lowest BCUT2D eigenvalue weighted by Crippen LogP contribution is -2.04. The van der Waals surface area contributed by atoms with Gasteiger partial charge in [-0.15, -0.1) is 0 Å². The first-order chi connectivity index (χ1) is 4.75. The van der Waals surface area contributed by atoms with Crippen molar-refractivity contribution in [3.8, 4) is 0 Å². The van der Waals surface area contributed by atoms with Crippen molar-refractivity contribution in [3.63, 3.8) is 0 Å². The van der Waals surface area contributed by atoms with Crippen LogP contribution in [0.4, 0.5) is 0 Å². The van der Waals surface area contributed by atoms with Gasteiger partial charge in [0.2, 0.25) is 0 Å². The fourth-order valence-electron chi connectivity index (χ4n) is 0.803. The summed E-state index contributed by atoms with van der Waals surface area (Å²) in [5.74, 6) is 0.829. The minimum Gasteiger partial charge on any atom is -0.244 e. The molecule has 0 saturated carbocycles. The lowest BCUT2D eigenvalue weighted by Gasteiger charge is -2.04. The minimum atomic E-state index is 0.357. The van der Waals surface area contributed by atoms with Crippen LogP contribution in [0.3, 0.4) is 0 Å². The highest BCUT2D eigenvalue weighted by Gasteiger charge is 2.01. The van der Waals surface area contributed by atoms with Crippen molar-refractivity contribution in [1.82, 2.24) is 14.8 Å². The first-order valence-electron chi connectivity index (χ1n) is 3.27. The monoisotopic (exact) mass is 137 g/mol. The molecule has 0 fully saturated rings. The van der Waals surface area contributed by atoms with Gasteiger partial charge >= 0.3 is 0 Å². The molecule has 54 valence electrons. The average Bonchev–Trinajstić information content (AvgIpc) is 2.33. The molecule has 0 bridgehead atoms. The molecule has 10 heavy (non-hydrogen) atoms. The second-order valence-corrected chi connectivity index (χ2v) is 2.36. The molecule has 1 aromatic rings. The van der Waals surface area contributed by atoms with E-state index in [1.165, 1.54) is 6.33 Å². The van der Waals surface area contributed by atoms with Crippen molar-refractivity contribution in [2.24, 2.45) is 0 Å². The van der Waals surface area contributed by atoms with E-state index in [1.807, 2.05) is 4.68 Å². The van der Waals surface area contributed by atoms with Gasteiger partial charge in [0.05, 0.1) is 0 Å². The van der Waals surface area contributed by atoms with Crippen LogP contribution in [0.15, 0.2) is 12.9 Å². The molecule has 0 amide bonds. The lowest BCUT2D eigenvalue weighted by atomic mass is 10.4. The molecule has 0 aliphatic carbocycles. The molecular weight excluding hydrogens is 126 g/mol. The Bertz CT molecular complexity index is 225. The predicted molar refractivity (Wildman–Crippen MR) is 40.5 cm³/mol. The standard InChI is InChI=1S/C7H11N3/c1-4-7-8-5-9-10(7)6(2)3/h4-6H,1H2,2-3H3. The molecule has 0 aliphatic heterocycles. The molecular formula is C7H11N3. The molecule has 1 heterocycles. The SMILES string of the molecule is C=Cc1ncnn1C(C)C. The van der Waals surface area contributed by atoms with Crippen LogP contribution >= 0.6 is 0 Å². The van der Waals surface area contributed by atoms with Gasteiger partial charge < -0.3 is 0 Å². The van der Waals surface area contributed by atoms with Gasteiger partial charge in [0.1, 0.15) is 12.2 Å². The summed E-state index contributed by atoms with van der Waals surface area (Å²) in [7, 11) is 0. The van der Waals surface area contributed by atoms with E-state index in [1.54, 1.807) is 6.08 Å². The maximum Gasteiger partial charge on any atom is 0.150 e. The molecule has 1 rings (SSSR count). The maximum absolute atomic E-state index is 4.02. The zero-order valence-corrected chi connectivity index (χ0v) is 6.28. The summed E-state index contributed by atoms with van der Waals surface area (Å²) in [6.45, 7) is 7.74. The summed E-state index contributed by atoms with van der Waals surface area (Å²) in [4.78, 5) is 3.99. The summed E-state index contributed by atoms with van der Waals surface area (Å²) in [5, 5.41) is 4.02. The number of aromatic nitrogens is 3. The lowest BCUT2D eigenvalue weighted by molar-refractivity contribution is 0.526. The van der Waals surface area contributed by atoms with Crippen LogP contribution in [0, 0.1) is 0 Å². The normalized spacial score (nSPS) is 10.3. The minimum absolute atomic E-state index is 0.357. The maximum atomic E-state index is 4.02. The van der Waals surface area contributed by atoms with E-state index in [2.05, 4.69) is 30.5 Å². The van der Waals surface area contributed by atoms with Crippen molar-refractivity contribution in [3.05, 3.63) is 18.7 Å². The van der Waals surface area contributed by atoms with Crippen LogP contribution < -0.4 is 0 Å². The zero-order chi connectivity index (χ0) is 7.56. The van der Waals surface area contributed by atoms with E-state index in [9.17, 15) is 0 Å². The van der Waals surface area contributed by atoms with E-state index in [0.29, 0.717) is 6.04 Å². The second kappa shape index (κ2) is 2.64. The van der Waals surface area contributed by atoms with Crippen LogP contribution in [0.2, 0.25) is 0 Å². The Morgan fingerprint density at radius 2 is 2.40 bits per heavy atom. The van der Waals surface area contributed by atoms with Crippen molar-refractivity contribution < 1.29 is 0 Å². The summed E-state index contributed by atoms with van der Waals surface area (Å²) in [5.41, 5.74) is 0. The molecule has 3 nitrogen and oxygen atoms in total. The third-order valence-corrected chi connectivity index (χ3v) is 1.27. The topological polar surface area (TPSA) is 30.7 Å². The van der Waals surface area contributed by atoms with E-state index in [0.717, 1.165) is 5.82 Å². The van der Waals surface area contributed by atoms with Crippen molar-refractivity contribution in [2.75, 3.05) is 0 Å². The summed E-state index contributed by atoms with van der Waals surface area (Å²) < 4.78 is 1.83. The molecule has 0 spiro atoms. The van der Waals surface area contributed by atoms with Crippen molar-refractivity contribution >= 4 is 6.08 Å². The number of nitrogens with zero attached hydrogens (tertiary/aromatic N) is 3. The van der Waals surface area contributed by atoms with Gasteiger partial charge in [0.15, 0.2) is 0 Å². The molecule has 0 saturated heterocycles. The third-order valence-electron chi connectivity index (χ3n) is 1.27. The quantitative estimate of drug-likeness (QED) is 0.618. The Labute approximate surface area is 60.4 Å². The Kier molecular flexibility index (Phi) is 1.85. The highest BCUT2D eigenvalue weighted by molar-refractivity contribution is 5.35. The van der Waals surface area contributed by atoms with Crippen molar-refractivity contribution in [2.45, 2.75) is 19.9 Å². The Morgan fingerprint density at radius 1 is 1.70 bits per heavy atom. The molecule has 0 atom stereocenters. The van der Waals surface area contributed by atoms with Crippen LogP contribution in [-0.4, -0.2) is 14.8 Å². The largest absolute Gasteiger partial charge is 0.244 e. The summed E-state index contributed by atoms with van der Waals surface area (Å²) >= 11 is 0. The number of hydrogen-bond acceptors (Lipinski definition) is 2. The molecule has 1 aromatic heterocycles. The number of rotatable bonds is 2. The van der Waals surface area contributed by atoms with Gasteiger partial charge in [-0.2, -0.15) is 5.10 Å². The highest BCUT2D eigenvalue weighted by Crippen LogP contribution is 2.04. The van der Waals surface area contributed by atoms with Crippen LogP contribution in [0.1, 0.15) is 25.7 Å². The second-order valence-electron chi connectivity index (χ2n) is 2.36. The molecule has 0 unspecified atom stereocenters. The van der Waals surface area contributed by atoms with Gasteiger partial charge in [0, 0.05) is 6.04 Å². The molecule has 0 radical (unpaired) electrons. The predicted octanol–water partition coefficient (Wildman–Crippen LogP) is 1.50. The van der Waals surface area contributed by atoms with E-state index < -0.39 is 0 Å². The van der Waals surface area contributed by atoms with Crippen LogP contribution in [0.25, 0.3) is 6.08 Å². The first kappa shape index (κ1) is 6.99. The van der Waals surface area contributed by atoms with E-state index >= 15 is 0 Å². The number of hydrogen-bond donors (Lipinski definition) is 0.